The third-order valence-corrected chi connectivity index (χ3v) is 7.77. The molecule has 0 fully saturated rings. The van der Waals surface area contributed by atoms with E-state index < -0.39 is 10.1 Å². The Morgan fingerprint density at radius 3 is 2.18 bits per heavy atom. The number of hydrogen-bond donors (Lipinski definition) is 0. The normalized spacial score (nSPS) is 18.0. The van der Waals surface area contributed by atoms with E-state index in [0.29, 0.717) is 18.4 Å². The highest BCUT2D eigenvalue weighted by atomic mass is 32.2. The molecule has 188 valence electrons. The minimum Gasteiger partial charge on any atom is -0.497 e. The molecule has 4 nitrogen and oxygen atoms in total. The van der Waals surface area contributed by atoms with E-state index in [1.807, 2.05) is 0 Å². The summed E-state index contributed by atoms with van der Waals surface area (Å²) >= 11 is 0. The number of fused-ring (bicyclic) bond motifs is 1. The number of methoxy groups -OCH3 is 1. The van der Waals surface area contributed by atoms with Gasteiger partial charge in [0.1, 0.15) is 5.75 Å². The maximum atomic E-state index is 11.0. The summed E-state index contributed by atoms with van der Waals surface area (Å²) < 4.78 is 32.2. The van der Waals surface area contributed by atoms with Gasteiger partial charge in [-0.3, -0.25) is 4.18 Å². The SMILES string of the molecule is COc1ccc2c(c1)CCC(c1ccc(C)cc1)C2CCCCCCCCCCOS(C)(=O)=O. The Morgan fingerprint density at radius 2 is 1.53 bits per heavy atom. The third kappa shape index (κ3) is 8.42. The molecule has 3 rings (SSSR count). The summed E-state index contributed by atoms with van der Waals surface area (Å²) in [5.74, 6) is 2.14. The minimum absolute atomic E-state index is 0.315. The van der Waals surface area contributed by atoms with Crippen molar-refractivity contribution in [2.75, 3.05) is 20.0 Å². The fourth-order valence-corrected chi connectivity index (χ4v) is 5.74. The second-order valence-electron chi connectivity index (χ2n) is 9.87. The molecule has 2 aromatic rings. The van der Waals surface area contributed by atoms with Gasteiger partial charge in [0, 0.05) is 0 Å². The molecule has 0 amide bonds. The van der Waals surface area contributed by atoms with Crippen LogP contribution in [0.25, 0.3) is 0 Å². The Balaban J connectivity index is 1.46. The predicted molar refractivity (Wildman–Crippen MR) is 140 cm³/mol. The number of aryl methyl sites for hydroxylation is 2. The van der Waals surface area contributed by atoms with E-state index in [9.17, 15) is 8.42 Å². The van der Waals surface area contributed by atoms with Crippen LogP contribution in [0.4, 0.5) is 0 Å². The molecule has 0 aliphatic heterocycles. The highest BCUT2D eigenvalue weighted by Gasteiger charge is 2.30. The number of benzene rings is 2. The van der Waals surface area contributed by atoms with Crippen LogP contribution >= 0.6 is 0 Å². The largest absolute Gasteiger partial charge is 0.497 e. The summed E-state index contributed by atoms with van der Waals surface area (Å²) in [6.07, 6.45) is 14.0. The van der Waals surface area contributed by atoms with Gasteiger partial charge in [-0.25, -0.2) is 0 Å². The third-order valence-electron chi connectivity index (χ3n) is 7.17. The van der Waals surface area contributed by atoms with Gasteiger partial charge in [-0.15, -0.1) is 0 Å². The molecule has 1 aliphatic rings. The zero-order valence-corrected chi connectivity index (χ0v) is 22.0. The van der Waals surface area contributed by atoms with Crippen LogP contribution in [0.2, 0.25) is 0 Å². The molecule has 0 saturated carbocycles. The van der Waals surface area contributed by atoms with Crippen LogP contribution in [0, 0.1) is 6.92 Å². The molecule has 34 heavy (non-hydrogen) atoms. The van der Waals surface area contributed by atoms with E-state index in [1.165, 1.54) is 67.2 Å². The number of rotatable bonds is 14. The van der Waals surface area contributed by atoms with Crippen molar-refractivity contribution < 1.29 is 17.3 Å². The Labute approximate surface area is 207 Å². The number of ether oxygens (including phenoxy) is 1. The van der Waals surface area contributed by atoms with E-state index in [-0.39, 0.29) is 0 Å². The molecule has 0 N–H and O–H groups in total. The fourth-order valence-electron chi connectivity index (χ4n) is 5.32. The standard InChI is InChI=1S/C29H42O4S/c1-23-13-15-24(16-14-23)27-19-17-25-22-26(32-2)18-20-28(25)29(27)12-10-8-6-4-5-7-9-11-21-33-34(3,30)31/h13-16,18,20,22,27,29H,4-12,17,19,21H2,1-3H3. The van der Waals surface area contributed by atoms with Crippen LogP contribution in [0.15, 0.2) is 42.5 Å². The van der Waals surface area contributed by atoms with Crippen molar-refractivity contribution in [1.29, 1.82) is 0 Å². The second-order valence-corrected chi connectivity index (χ2v) is 11.5. The van der Waals surface area contributed by atoms with Gasteiger partial charge in [0.25, 0.3) is 10.1 Å². The summed E-state index contributed by atoms with van der Waals surface area (Å²) in [5, 5.41) is 0. The van der Waals surface area contributed by atoms with E-state index in [4.69, 9.17) is 8.92 Å². The molecule has 2 atom stereocenters. The summed E-state index contributed by atoms with van der Waals surface area (Å²) in [6, 6.07) is 15.9. The first-order valence-electron chi connectivity index (χ1n) is 12.9. The zero-order valence-electron chi connectivity index (χ0n) is 21.2. The Morgan fingerprint density at radius 1 is 0.882 bits per heavy atom. The highest BCUT2D eigenvalue weighted by Crippen LogP contribution is 2.46. The summed E-state index contributed by atoms with van der Waals surface area (Å²) in [7, 11) is -1.54. The summed E-state index contributed by atoms with van der Waals surface area (Å²) in [5.41, 5.74) is 5.79. The lowest BCUT2D eigenvalue weighted by atomic mass is 9.70. The number of unbranched alkanes of at least 4 members (excludes halogenated alkanes) is 7. The average molecular weight is 487 g/mol. The van der Waals surface area contributed by atoms with Crippen molar-refractivity contribution in [2.24, 2.45) is 0 Å². The van der Waals surface area contributed by atoms with Crippen LogP contribution in [-0.2, 0) is 20.7 Å². The summed E-state index contributed by atoms with van der Waals surface area (Å²) in [6.45, 7) is 2.48. The molecular formula is C29H42O4S. The molecule has 0 heterocycles. The van der Waals surface area contributed by atoms with Crippen LogP contribution in [0.3, 0.4) is 0 Å². The van der Waals surface area contributed by atoms with Gasteiger partial charge in [0.15, 0.2) is 0 Å². The fraction of sp³-hybridized carbons (Fsp3) is 0.586. The van der Waals surface area contributed by atoms with Crippen molar-refractivity contribution in [1.82, 2.24) is 0 Å². The van der Waals surface area contributed by atoms with E-state index >= 15 is 0 Å². The monoisotopic (exact) mass is 486 g/mol. The van der Waals surface area contributed by atoms with Crippen molar-refractivity contribution in [3.05, 3.63) is 64.7 Å². The zero-order chi connectivity index (χ0) is 24.4. The molecule has 1 aliphatic carbocycles. The lowest BCUT2D eigenvalue weighted by molar-refractivity contribution is 0.309. The first-order chi connectivity index (χ1) is 16.4. The molecule has 5 heteroatoms. The van der Waals surface area contributed by atoms with Gasteiger partial charge in [-0.2, -0.15) is 8.42 Å². The molecule has 0 bridgehead atoms. The van der Waals surface area contributed by atoms with E-state index in [2.05, 4.69) is 49.4 Å². The van der Waals surface area contributed by atoms with Crippen molar-refractivity contribution in [3.63, 3.8) is 0 Å². The van der Waals surface area contributed by atoms with Gasteiger partial charge in [0.2, 0.25) is 0 Å². The highest BCUT2D eigenvalue weighted by molar-refractivity contribution is 7.85. The molecule has 0 radical (unpaired) electrons. The molecule has 0 aromatic heterocycles. The first kappa shape index (κ1) is 26.7. The molecular weight excluding hydrogens is 444 g/mol. The summed E-state index contributed by atoms with van der Waals surface area (Å²) in [4.78, 5) is 0. The first-order valence-corrected chi connectivity index (χ1v) is 14.8. The maximum absolute atomic E-state index is 11.0. The molecule has 2 aromatic carbocycles. The van der Waals surface area contributed by atoms with Gasteiger partial charge >= 0.3 is 0 Å². The van der Waals surface area contributed by atoms with Crippen molar-refractivity contribution in [2.45, 2.75) is 89.4 Å². The van der Waals surface area contributed by atoms with E-state index in [0.717, 1.165) is 37.7 Å². The van der Waals surface area contributed by atoms with E-state index in [1.54, 1.807) is 7.11 Å². The van der Waals surface area contributed by atoms with Gasteiger partial charge < -0.3 is 4.74 Å². The smallest absolute Gasteiger partial charge is 0.264 e. The molecule has 0 spiro atoms. The Kier molecular flexibility index (Phi) is 10.5. The second kappa shape index (κ2) is 13.3. The molecule has 0 saturated heterocycles. The average Bonchev–Trinajstić information content (AvgIpc) is 2.82. The predicted octanol–water partition coefficient (Wildman–Crippen LogP) is 7.30. The van der Waals surface area contributed by atoms with Crippen molar-refractivity contribution >= 4 is 10.1 Å². The van der Waals surface area contributed by atoms with Crippen LogP contribution in [0.1, 0.15) is 98.3 Å². The topological polar surface area (TPSA) is 52.6 Å². The number of hydrogen-bond acceptors (Lipinski definition) is 4. The Bertz CT molecular complexity index is 982. The van der Waals surface area contributed by atoms with Crippen LogP contribution in [-0.4, -0.2) is 28.4 Å². The maximum Gasteiger partial charge on any atom is 0.264 e. The van der Waals surface area contributed by atoms with Crippen LogP contribution in [0.5, 0.6) is 5.75 Å². The quantitative estimate of drug-likeness (QED) is 0.208. The van der Waals surface area contributed by atoms with Gasteiger partial charge in [-0.1, -0.05) is 80.8 Å². The van der Waals surface area contributed by atoms with Crippen LogP contribution < -0.4 is 4.74 Å². The minimum atomic E-state index is -3.29. The lowest BCUT2D eigenvalue weighted by Gasteiger charge is -2.34. The van der Waals surface area contributed by atoms with Gasteiger partial charge in [-0.05, 0) is 73.3 Å². The van der Waals surface area contributed by atoms with Gasteiger partial charge in [0.05, 0.1) is 20.0 Å². The lowest BCUT2D eigenvalue weighted by Crippen LogP contribution is -2.19. The molecule has 2 unspecified atom stereocenters. The van der Waals surface area contributed by atoms with Crippen molar-refractivity contribution in [3.8, 4) is 5.75 Å². The Hall–Kier alpha value is -1.85.